The fourth-order valence-corrected chi connectivity index (χ4v) is 1.99. The summed E-state index contributed by atoms with van der Waals surface area (Å²) < 4.78 is 10.1. The Morgan fingerprint density at radius 2 is 1.92 bits per heavy atom. The van der Waals surface area contributed by atoms with Crippen LogP contribution in [0.5, 0.6) is 5.75 Å². The lowest BCUT2D eigenvalue weighted by atomic mass is 10.1. The molecule has 1 aromatic heterocycles. The summed E-state index contributed by atoms with van der Waals surface area (Å²) in [6, 6.07) is 9.80. The molecule has 0 saturated heterocycles. The van der Waals surface area contributed by atoms with Crippen molar-refractivity contribution in [2.45, 2.75) is 6.42 Å². The predicted molar refractivity (Wildman–Crippen MR) is 89.8 cm³/mol. The quantitative estimate of drug-likeness (QED) is 0.656. The summed E-state index contributed by atoms with van der Waals surface area (Å²) in [4.78, 5) is 34.9. The first-order chi connectivity index (χ1) is 12.5. The number of ether oxygens (including phenoxy) is 1. The Hall–Kier alpha value is -3.55. The number of amides is 2. The molecule has 2 amide bonds. The first-order valence-electron chi connectivity index (χ1n) is 7.68. The van der Waals surface area contributed by atoms with Crippen LogP contribution in [0.1, 0.15) is 22.5 Å². The number of furan rings is 1. The molecule has 8 heteroatoms. The molecule has 2 N–H and O–H groups in total. The molecule has 1 heterocycles. The van der Waals surface area contributed by atoms with Crippen LogP contribution in [0, 0.1) is 0 Å². The van der Waals surface area contributed by atoms with E-state index in [1.807, 2.05) is 0 Å². The molecular formula is C18H17N2O6-. The van der Waals surface area contributed by atoms with E-state index in [4.69, 9.17) is 9.15 Å². The first-order valence-corrected chi connectivity index (χ1v) is 7.68. The Morgan fingerprint density at radius 3 is 2.50 bits per heavy atom. The number of carbonyl (C=O) groups is 3. The Bertz CT molecular complexity index is 794. The summed E-state index contributed by atoms with van der Waals surface area (Å²) in [5.41, 5.74) is 0.575. The van der Waals surface area contributed by atoms with E-state index < -0.39 is 17.8 Å². The molecule has 0 aliphatic heterocycles. The van der Waals surface area contributed by atoms with Crippen molar-refractivity contribution in [2.75, 3.05) is 13.7 Å². The van der Waals surface area contributed by atoms with Gasteiger partial charge in [-0.1, -0.05) is 12.1 Å². The topological polar surface area (TPSA) is 121 Å². The van der Waals surface area contributed by atoms with Gasteiger partial charge in [0.1, 0.15) is 11.4 Å². The lowest BCUT2D eigenvalue weighted by molar-refractivity contribution is -0.305. The molecule has 0 fully saturated rings. The molecule has 0 spiro atoms. The van der Waals surface area contributed by atoms with Crippen LogP contribution in [0.3, 0.4) is 0 Å². The SMILES string of the molecule is COc1ccc(/C=C(/NC(=O)c2ccco2)C(=O)NCCC(=O)[O-])cc1. The highest BCUT2D eigenvalue weighted by molar-refractivity contribution is 6.04. The van der Waals surface area contributed by atoms with E-state index in [9.17, 15) is 19.5 Å². The van der Waals surface area contributed by atoms with E-state index in [-0.39, 0.29) is 24.4 Å². The van der Waals surface area contributed by atoms with Crippen molar-refractivity contribution in [3.8, 4) is 5.75 Å². The van der Waals surface area contributed by atoms with Crippen molar-refractivity contribution >= 4 is 23.9 Å². The molecule has 1 aromatic carbocycles. The number of nitrogens with one attached hydrogen (secondary N) is 2. The van der Waals surface area contributed by atoms with Gasteiger partial charge in [0.25, 0.3) is 11.8 Å². The molecular weight excluding hydrogens is 340 g/mol. The van der Waals surface area contributed by atoms with Crippen LogP contribution in [-0.2, 0) is 9.59 Å². The molecule has 0 saturated carbocycles. The van der Waals surface area contributed by atoms with E-state index >= 15 is 0 Å². The highest BCUT2D eigenvalue weighted by atomic mass is 16.5. The fourth-order valence-electron chi connectivity index (χ4n) is 1.99. The minimum absolute atomic E-state index is 0.0353. The van der Waals surface area contributed by atoms with Crippen molar-refractivity contribution in [3.05, 3.63) is 59.7 Å². The van der Waals surface area contributed by atoms with Gasteiger partial charge in [-0.2, -0.15) is 0 Å². The van der Waals surface area contributed by atoms with Gasteiger partial charge >= 0.3 is 0 Å². The largest absolute Gasteiger partial charge is 0.550 e. The van der Waals surface area contributed by atoms with Crippen LogP contribution >= 0.6 is 0 Å². The summed E-state index contributed by atoms with van der Waals surface area (Å²) in [7, 11) is 1.53. The normalized spacial score (nSPS) is 10.9. The number of carbonyl (C=O) groups excluding carboxylic acids is 3. The van der Waals surface area contributed by atoms with E-state index in [1.54, 1.807) is 30.3 Å². The van der Waals surface area contributed by atoms with E-state index in [0.29, 0.717) is 11.3 Å². The summed E-state index contributed by atoms with van der Waals surface area (Å²) in [5.74, 6) is -1.85. The van der Waals surface area contributed by atoms with Crippen molar-refractivity contribution in [2.24, 2.45) is 0 Å². The lowest BCUT2D eigenvalue weighted by Gasteiger charge is -2.11. The average molecular weight is 357 g/mol. The first kappa shape index (κ1) is 18.8. The Kier molecular flexibility index (Phi) is 6.55. The summed E-state index contributed by atoms with van der Waals surface area (Å²) in [6.45, 7) is -0.127. The number of carboxylic acids is 1. The summed E-state index contributed by atoms with van der Waals surface area (Å²) in [5, 5.41) is 15.3. The standard InChI is InChI=1S/C18H18N2O6/c1-25-13-6-4-12(5-7-13)11-14(17(23)19-9-8-16(21)22)20-18(24)15-3-2-10-26-15/h2-7,10-11H,8-9H2,1H3,(H,19,23)(H,20,24)(H,21,22)/p-1/b14-11+. The number of methoxy groups -OCH3 is 1. The maximum absolute atomic E-state index is 12.3. The molecule has 2 rings (SSSR count). The second kappa shape index (κ2) is 9.07. The van der Waals surface area contributed by atoms with Crippen LogP contribution in [0.4, 0.5) is 0 Å². The third kappa shape index (κ3) is 5.52. The zero-order chi connectivity index (χ0) is 18.9. The third-order valence-electron chi connectivity index (χ3n) is 3.28. The van der Waals surface area contributed by atoms with Gasteiger partial charge in [0, 0.05) is 18.9 Å². The fraction of sp³-hybridized carbons (Fsp3) is 0.167. The number of hydrogen-bond acceptors (Lipinski definition) is 6. The van der Waals surface area contributed by atoms with E-state index in [2.05, 4.69) is 10.6 Å². The molecule has 26 heavy (non-hydrogen) atoms. The van der Waals surface area contributed by atoms with Gasteiger partial charge in [-0.3, -0.25) is 9.59 Å². The van der Waals surface area contributed by atoms with Gasteiger partial charge in [0.05, 0.1) is 13.4 Å². The summed E-state index contributed by atoms with van der Waals surface area (Å²) >= 11 is 0. The average Bonchev–Trinajstić information content (AvgIpc) is 3.16. The Balaban J connectivity index is 2.18. The maximum Gasteiger partial charge on any atom is 0.291 e. The number of benzene rings is 1. The maximum atomic E-state index is 12.3. The molecule has 0 radical (unpaired) electrons. The lowest BCUT2D eigenvalue weighted by Crippen LogP contribution is -2.37. The molecule has 0 atom stereocenters. The minimum atomic E-state index is -1.29. The molecule has 136 valence electrons. The smallest absolute Gasteiger partial charge is 0.291 e. The Morgan fingerprint density at radius 1 is 1.19 bits per heavy atom. The molecule has 2 aromatic rings. The molecule has 0 unspecified atom stereocenters. The molecule has 0 aliphatic rings. The number of carboxylic acid groups (broad SMARTS) is 1. The van der Waals surface area contributed by atoms with Crippen molar-refractivity contribution in [3.63, 3.8) is 0 Å². The van der Waals surface area contributed by atoms with Crippen molar-refractivity contribution in [1.29, 1.82) is 0 Å². The van der Waals surface area contributed by atoms with Gasteiger partial charge in [-0.05, 0) is 35.9 Å². The van der Waals surface area contributed by atoms with Gasteiger partial charge in [0.2, 0.25) is 0 Å². The van der Waals surface area contributed by atoms with Crippen molar-refractivity contribution < 1.29 is 28.6 Å². The third-order valence-corrected chi connectivity index (χ3v) is 3.28. The van der Waals surface area contributed by atoms with Crippen LogP contribution in [0.2, 0.25) is 0 Å². The second-order valence-corrected chi connectivity index (χ2v) is 5.14. The molecule has 0 aliphatic carbocycles. The van der Waals surface area contributed by atoms with E-state index in [1.165, 1.54) is 25.5 Å². The van der Waals surface area contributed by atoms with Crippen LogP contribution in [0.25, 0.3) is 6.08 Å². The van der Waals surface area contributed by atoms with Gasteiger partial charge in [-0.25, -0.2) is 0 Å². The number of hydrogen-bond donors (Lipinski definition) is 2. The van der Waals surface area contributed by atoms with Gasteiger partial charge in [0.15, 0.2) is 5.76 Å². The second-order valence-electron chi connectivity index (χ2n) is 5.14. The highest BCUT2D eigenvalue weighted by Gasteiger charge is 2.16. The van der Waals surface area contributed by atoms with Crippen LogP contribution < -0.4 is 20.5 Å². The molecule has 8 nitrogen and oxygen atoms in total. The molecule has 0 bridgehead atoms. The van der Waals surface area contributed by atoms with Crippen molar-refractivity contribution in [1.82, 2.24) is 10.6 Å². The number of aliphatic carboxylic acids is 1. The Labute approximate surface area is 149 Å². The van der Waals surface area contributed by atoms with Crippen LogP contribution in [-0.4, -0.2) is 31.4 Å². The van der Waals surface area contributed by atoms with Gasteiger partial charge in [-0.15, -0.1) is 0 Å². The minimum Gasteiger partial charge on any atom is -0.550 e. The number of rotatable bonds is 8. The zero-order valence-corrected chi connectivity index (χ0v) is 14.0. The zero-order valence-electron chi connectivity index (χ0n) is 14.0. The van der Waals surface area contributed by atoms with E-state index in [0.717, 1.165) is 0 Å². The highest BCUT2D eigenvalue weighted by Crippen LogP contribution is 2.14. The predicted octanol–water partition coefficient (Wildman–Crippen LogP) is 0.315. The van der Waals surface area contributed by atoms with Crippen LogP contribution in [0.15, 0.2) is 52.8 Å². The monoisotopic (exact) mass is 357 g/mol. The van der Waals surface area contributed by atoms with Gasteiger partial charge < -0.3 is 29.7 Å². The summed E-state index contributed by atoms with van der Waals surface area (Å²) in [6.07, 6.45) is 2.45.